The predicted octanol–water partition coefficient (Wildman–Crippen LogP) is 4.45. The van der Waals surface area contributed by atoms with Crippen LogP contribution < -0.4 is 4.74 Å². The summed E-state index contributed by atoms with van der Waals surface area (Å²) in [4.78, 5) is 28.0. The van der Waals surface area contributed by atoms with Gasteiger partial charge in [-0.3, -0.25) is 10.1 Å². The van der Waals surface area contributed by atoms with Gasteiger partial charge < -0.3 is 9.57 Å². The Bertz CT molecular complexity index is 760. The lowest BCUT2D eigenvalue weighted by molar-refractivity contribution is -0.385. The Morgan fingerprint density at radius 3 is 2.36 bits per heavy atom. The molecule has 0 radical (unpaired) electrons. The van der Waals surface area contributed by atoms with Crippen molar-refractivity contribution in [2.24, 2.45) is 0 Å². The standard InChI is InChI=1S/C17H17ClN2O5/c1-3-19(4-2)25-17(21)12-5-10-16(15(11-12)20(22)23)24-14-8-6-13(18)7-9-14/h5-11H,3-4H2,1-2H3. The van der Waals surface area contributed by atoms with E-state index in [2.05, 4.69) is 0 Å². The number of hydrogen-bond donors (Lipinski definition) is 0. The van der Waals surface area contributed by atoms with Crippen molar-refractivity contribution in [2.45, 2.75) is 13.8 Å². The molecule has 0 aliphatic heterocycles. The number of halogens is 1. The molecule has 0 aliphatic carbocycles. The molecule has 2 aromatic carbocycles. The lowest BCUT2D eigenvalue weighted by Gasteiger charge is -2.17. The van der Waals surface area contributed by atoms with Crippen LogP contribution in [-0.4, -0.2) is 29.0 Å². The van der Waals surface area contributed by atoms with Gasteiger partial charge in [0.25, 0.3) is 0 Å². The van der Waals surface area contributed by atoms with E-state index in [4.69, 9.17) is 21.2 Å². The van der Waals surface area contributed by atoms with Crippen molar-refractivity contribution in [3.05, 3.63) is 63.2 Å². The van der Waals surface area contributed by atoms with Gasteiger partial charge in [-0.25, -0.2) is 4.79 Å². The molecule has 0 amide bonds. The number of carbonyl (C=O) groups is 1. The van der Waals surface area contributed by atoms with Gasteiger partial charge in [-0.15, -0.1) is 5.06 Å². The van der Waals surface area contributed by atoms with Crippen molar-refractivity contribution in [3.8, 4) is 11.5 Å². The quantitative estimate of drug-likeness (QED) is 0.533. The second kappa shape index (κ2) is 8.46. The van der Waals surface area contributed by atoms with Crippen LogP contribution in [0.5, 0.6) is 11.5 Å². The van der Waals surface area contributed by atoms with Crippen molar-refractivity contribution in [2.75, 3.05) is 13.1 Å². The molecule has 0 bridgehead atoms. The second-order valence-corrected chi connectivity index (χ2v) is 5.43. The van der Waals surface area contributed by atoms with Crippen LogP contribution in [0.2, 0.25) is 5.02 Å². The highest BCUT2D eigenvalue weighted by molar-refractivity contribution is 6.30. The number of hydroxylamine groups is 2. The first kappa shape index (κ1) is 18.7. The molecule has 0 aromatic heterocycles. The van der Waals surface area contributed by atoms with Crippen molar-refractivity contribution in [1.82, 2.24) is 5.06 Å². The summed E-state index contributed by atoms with van der Waals surface area (Å²) in [7, 11) is 0. The lowest BCUT2D eigenvalue weighted by Crippen LogP contribution is -2.26. The molecule has 2 rings (SSSR count). The third-order valence-corrected chi connectivity index (χ3v) is 3.60. The summed E-state index contributed by atoms with van der Waals surface area (Å²) < 4.78 is 5.52. The molecule has 25 heavy (non-hydrogen) atoms. The fourth-order valence-electron chi connectivity index (χ4n) is 2.03. The van der Waals surface area contributed by atoms with Crippen LogP contribution in [0.25, 0.3) is 0 Å². The molecule has 7 nitrogen and oxygen atoms in total. The van der Waals surface area contributed by atoms with Crippen molar-refractivity contribution in [1.29, 1.82) is 0 Å². The summed E-state index contributed by atoms with van der Waals surface area (Å²) in [6, 6.07) is 10.3. The number of nitrogens with zero attached hydrogens (tertiary/aromatic N) is 2. The summed E-state index contributed by atoms with van der Waals surface area (Å²) in [6.45, 7) is 4.70. The van der Waals surface area contributed by atoms with Crippen molar-refractivity contribution < 1.29 is 19.3 Å². The van der Waals surface area contributed by atoms with E-state index in [-0.39, 0.29) is 17.0 Å². The van der Waals surface area contributed by atoms with Crippen molar-refractivity contribution >= 4 is 23.3 Å². The zero-order valence-corrected chi connectivity index (χ0v) is 14.5. The molecule has 0 spiro atoms. The molecule has 0 saturated heterocycles. The van der Waals surface area contributed by atoms with Crippen LogP contribution in [-0.2, 0) is 4.84 Å². The number of nitro benzene ring substituents is 1. The molecule has 132 valence electrons. The largest absolute Gasteiger partial charge is 0.450 e. The van der Waals surface area contributed by atoms with Gasteiger partial charge in [0.05, 0.1) is 10.5 Å². The average molecular weight is 365 g/mol. The Balaban J connectivity index is 2.26. The Morgan fingerprint density at radius 1 is 1.16 bits per heavy atom. The van der Waals surface area contributed by atoms with Crippen LogP contribution in [0.15, 0.2) is 42.5 Å². The van der Waals surface area contributed by atoms with Crippen molar-refractivity contribution in [3.63, 3.8) is 0 Å². The zero-order chi connectivity index (χ0) is 18.4. The first-order valence-electron chi connectivity index (χ1n) is 7.63. The molecular formula is C17H17ClN2O5. The van der Waals surface area contributed by atoms with Gasteiger partial charge in [0, 0.05) is 24.2 Å². The van der Waals surface area contributed by atoms with E-state index < -0.39 is 10.9 Å². The van der Waals surface area contributed by atoms with E-state index in [1.165, 1.54) is 17.2 Å². The summed E-state index contributed by atoms with van der Waals surface area (Å²) in [6.07, 6.45) is 0. The van der Waals surface area contributed by atoms with E-state index in [9.17, 15) is 14.9 Å². The molecule has 0 saturated carbocycles. The number of hydrogen-bond acceptors (Lipinski definition) is 6. The first-order valence-corrected chi connectivity index (χ1v) is 8.01. The zero-order valence-electron chi connectivity index (χ0n) is 13.8. The summed E-state index contributed by atoms with van der Waals surface area (Å²) in [5.74, 6) is -0.248. The second-order valence-electron chi connectivity index (χ2n) is 4.99. The molecule has 0 heterocycles. The average Bonchev–Trinajstić information content (AvgIpc) is 2.61. The Kier molecular flexibility index (Phi) is 6.32. The third kappa shape index (κ3) is 4.91. The monoisotopic (exact) mass is 364 g/mol. The number of benzene rings is 2. The molecule has 0 aliphatic rings. The maximum absolute atomic E-state index is 12.1. The molecular weight excluding hydrogens is 348 g/mol. The van der Waals surface area contributed by atoms with Gasteiger partial charge in [-0.05, 0) is 50.2 Å². The minimum atomic E-state index is -0.662. The number of rotatable bonds is 7. The van der Waals surface area contributed by atoms with Gasteiger partial charge in [0.2, 0.25) is 5.75 Å². The smallest absolute Gasteiger partial charge is 0.357 e. The number of ether oxygens (including phenoxy) is 1. The third-order valence-electron chi connectivity index (χ3n) is 3.35. The van der Waals surface area contributed by atoms with E-state index in [0.29, 0.717) is 23.9 Å². The van der Waals surface area contributed by atoms with Gasteiger partial charge in [-0.1, -0.05) is 11.6 Å². The van der Waals surface area contributed by atoms with Gasteiger partial charge >= 0.3 is 11.7 Å². The molecule has 0 N–H and O–H groups in total. The molecule has 8 heteroatoms. The lowest BCUT2D eigenvalue weighted by atomic mass is 10.2. The minimum absolute atomic E-state index is 0.0201. The number of carbonyl (C=O) groups excluding carboxylic acids is 1. The van der Waals surface area contributed by atoms with Crippen LogP contribution in [0, 0.1) is 10.1 Å². The normalized spacial score (nSPS) is 10.6. The Labute approximate surface area is 149 Å². The van der Waals surface area contributed by atoms with E-state index in [1.54, 1.807) is 24.3 Å². The van der Waals surface area contributed by atoms with E-state index in [1.807, 2.05) is 13.8 Å². The summed E-state index contributed by atoms with van der Waals surface area (Å²) in [5, 5.41) is 13.3. The van der Waals surface area contributed by atoms with Crippen LogP contribution in [0.1, 0.15) is 24.2 Å². The summed E-state index contributed by atoms with van der Waals surface area (Å²) >= 11 is 5.80. The highest BCUT2D eigenvalue weighted by atomic mass is 35.5. The van der Waals surface area contributed by atoms with Crippen LogP contribution in [0.3, 0.4) is 0 Å². The highest BCUT2D eigenvalue weighted by Gasteiger charge is 2.21. The predicted molar refractivity (Wildman–Crippen MR) is 93.0 cm³/mol. The minimum Gasteiger partial charge on any atom is -0.450 e. The van der Waals surface area contributed by atoms with E-state index in [0.717, 1.165) is 6.07 Å². The maximum Gasteiger partial charge on any atom is 0.357 e. The molecule has 2 aromatic rings. The van der Waals surface area contributed by atoms with Gasteiger partial charge in [-0.2, -0.15) is 0 Å². The summed E-state index contributed by atoms with van der Waals surface area (Å²) in [5.41, 5.74) is -0.258. The Hall–Kier alpha value is -2.64. The maximum atomic E-state index is 12.1. The first-order chi connectivity index (χ1) is 11.9. The van der Waals surface area contributed by atoms with E-state index >= 15 is 0 Å². The number of nitro groups is 1. The Morgan fingerprint density at radius 2 is 1.80 bits per heavy atom. The SMILES string of the molecule is CCN(CC)OC(=O)c1ccc(Oc2ccc(Cl)cc2)c([N+](=O)[O-])c1. The fraction of sp³-hybridized carbons (Fsp3) is 0.235. The van der Waals surface area contributed by atoms with Gasteiger partial charge in [0.15, 0.2) is 0 Å². The highest BCUT2D eigenvalue weighted by Crippen LogP contribution is 2.32. The molecule has 0 fully saturated rings. The molecule has 0 atom stereocenters. The van der Waals surface area contributed by atoms with Crippen LogP contribution in [0.4, 0.5) is 5.69 Å². The van der Waals surface area contributed by atoms with Crippen LogP contribution >= 0.6 is 11.6 Å². The van der Waals surface area contributed by atoms with Gasteiger partial charge in [0.1, 0.15) is 5.75 Å². The molecule has 0 unspecified atom stereocenters. The fourth-order valence-corrected chi connectivity index (χ4v) is 2.15. The topological polar surface area (TPSA) is 81.9 Å².